The number of rotatable bonds is 6. The van der Waals surface area contributed by atoms with Gasteiger partial charge in [-0.1, -0.05) is 30.3 Å². The summed E-state index contributed by atoms with van der Waals surface area (Å²) in [6.45, 7) is 3.61. The quantitative estimate of drug-likeness (QED) is 0.623. The number of nitrogens with one attached hydrogen (secondary N) is 2. The van der Waals surface area contributed by atoms with Crippen molar-refractivity contribution in [2.24, 2.45) is 0 Å². The summed E-state index contributed by atoms with van der Waals surface area (Å²) >= 11 is 0. The molecule has 0 aliphatic rings. The Morgan fingerprint density at radius 3 is 2.73 bits per heavy atom. The Balaban J connectivity index is 1.71. The van der Waals surface area contributed by atoms with Crippen LogP contribution in [0.25, 0.3) is 5.65 Å². The second-order valence-corrected chi connectivity index (χ2v) is 6.29. The Labute approximate surface area is 150 Å². The highest BCUT2D eigenvalue weighted by molar-refractivity contribution is 5.76. The predicted molar refractivity (Wildman–Crippen MR) is 98.0 cm³/mol. The lowest BCUT2D eigenvalue weighted by molar-refractivity contribution is -0.122. The maximum absolute atomic E-state index is 12.3. The lowest BCUT2D eigenvalue weighted by Gasteiger charge is -2.17. The number of H-pyrrole nitrogens is 1. The number of amides is 1. The fraction of sp³-hybridized carbons (Fsp3) is 0.316. The average molecular weight is 354 g/mol. The van der Waals surface area contributed by atoms with Crippen LogP contribution >= 0.6 is 0 Å². The third-order valence-corrected chi connectivity index (χ3v) is 4.52. The molecule has 2 aromatic heterocycles. The number of fused-ring (bicyclic) bond motifs is 1. The molecule has 0 saturated heterocycles. The van der Waals surface area contributed by atoms with E-state index in [0.29, 0.717) is 12.1 Å². The highest BCUT2D eigenvalue weighted by Crippen LogP contribution is 2.16. The molecule has 1 atom stereocenters. The van der Waals surface area contributed by atoms with E-state index in [-0.39, 0.29) is 24.5 Å². The van der Waals surface area contributed by atoms with Crippen LogP contribution in [0.15, 0.2) is 41.2 Å². The molecule has 0 spiro atoms. The molecule has 3 N–H and O–H groups in total. The second-order valence-electron chi connectivity index (χ2n) is 6.29. The van der Waals surface area contributed by atoms with Crippen molar-refractivity contribution in [2.75, 3.05) is 6.61 Å². The highest BCUT2D eigenvalue weighted by atomic mass is 16.3. The van der Waals surface area contributed by atoms with Gasteiger partial charge in [0.05, 0.1) is 12.6 Å². The van der Waals surface area contributed by atoms with E-state index < -0.39 is 6.04 Å². The summed E-state index contributed by atoms with van der Waals surface area (Å²) in [4.78, 5) is 28.3. The first-order valence-corrected chi connectivity index (χ1v) is 8.52. The molecule has 0 bridgehead atoms. The average Bonchev–Trinajstić information content (AvgIpc) is 3.00. The van der Waals surface area contributed by atoms with Crippen molar-refractivity contribution in [2.45, 2.75) is 32.7 Å². The van der Waals surface area contributed by atoms with Gasteiger partial charge in [-0.15, -0.1) is 0 Å². The number of carbonyl (C=O) groups excluding carboxylic acids is 1. The van der Waals surface area contributed by atoms with Gasteiger partial charge >= 0.3 is 0 Å². The van der Waals surface area contributed by atoms with Crippen LogP contribution in [0.1, 0.15) is 35.0 Å². The molecule has 0 aliphatic carbocycles. The Kier molecular flexibility index (Phi) is 5.18. The summed E-state index contributed by atoms with van der Waals surface area (Å²) in [5.41, 5.74) is 3.83. The summed E-state index contributed by atoms with van der Waals surface area (Å²) in [7, 11) is 0. The van der Waals surface area contributed by atoms with E-state index in [1.807, 2.05) is 44.2 Å². The van der Waals surface area contributed by atoms with Gasteiger partial charge in [0.2, 0.25) is 5.91 Å². The normalized spacial score (nSPS) is 12.3. The fourth-order valence-corrected chi connectivity index (χ4v) is 3.14. The van der Waals surface area contributed by atoms with E-state index in [1.165, 1.54) is 6.07 Å². The highest BCUT2D eigenvalue weighted by Gasteiger charge is 2.16. The summed E-state index contributed by atoms with van der Waals surface area (Å²) in [5, 5.41) is 15.1. The molecule has 2 heterocycles. The molecule has 26 heavy (non-hydrogen) atoms. The minimum absolute atomic E-state index is 0.146. The summed E-state index contributed by atoms with van der Waals surface area (Å²) in [5.74, 6) is -0.146. The van der Waals surface area contributed by atoms with Crippen LogP contribution in [0, 0.1) is 13.8 Å². The lowest BCUT2D eigenvalue weighted by atomic mass is 10.0. The molecular formula is C19H22N4O3. The van der Waals surface area contributed by atoms with Crippen LogP contribution in [0.3, 0.4) is 0 Å². The van der Waals surface area contributed by atoms with Gasteiger partial charge in [-0.2, -0.15) is 0 Å². The van der Waals surface area contributed by atoms with Crippen LogP contribution in [-0.4, -0.2) is 32.2 Å². The van der Waals surface area contributed by atoms with Gasteiger partial charge in [-0.05, 0) is 31.4 Å². The molecule has 1 aromatic carbocycles. The van der Waals surface area contributed by atoms with Gasteiger partial charge in [0.15, 0.2) is 5.65 Å². The number of nitrogens with zero attached hydrogens (tertiary/aromatic N) is 2. The van der Waals surface area contributed by atoms with Gasteiger partial charge < -0.3 is 10.4 Å². The smallest absolute Gasteiger partial charge is 0.266 e. The van der Waals surface area contributed by atoms with Gasteiger partial charge in [-0.25, -0.2) is 9.50 Å². The van der Waals surface area contributed by atoms with Crippen molar-refractivity contribution in [3.05, 3.63) is 69.3 Å². The van der Waals surface area contributed by atoms with Crippen molar-refractivity contribution >= 4 is 11.6 Å². The predicted octanol–water partition coefficient (Wildman–Crippen LogP) is 1.42. The zero-order valence-electron chi connectivity index (χ0n) is 14.8. The molecule has 0 aliphatic heterocycles. The van der Waals surface area contributed by atoms with E-state index in [4.69, 9.17) is 0 Å². The van der Waals surface area contributed by atoms with Crippen molar-refractivity contribution in [3.63, 3.8) is 0 Å². The molecule has 1 unspecified atom stereocenters. The SMILES string of the molecule is Cc1nc2cc(=O)[nH]n2c(C)c1CCC(=O)NC(CO)c1ccccc1. The topological polar surface area (TPSA) is 99.5 Å². The summed E-state index contributed by atoms with van der Waals surface area (Å²) in [6.07, 6.45) is 0.767. The number of aryl methyl sites for hydroxylation is 2. The molecular weight excluding hydrogens is 332 g/mol. The molecule has 3 rings (SSSR count). The molecule has 7 heteroatoms. The minimum Gasteiger partial charge on any atom is -0.394 e. The number of aliphatic hydroxyl groups excluding tert-OH is 1. The van der Waals surface area contributed by atoms with Crippen LogP contribution in [0.4, 0.5) is 0 Å². The molecule has 7 nitrogen and oxygen atoms in total. The third kappa shape index (κ3) is 3.67. The lowest BCUT2D eigenvalue weighted by Crippen LogP contribution is -2.31. The van der Waals surface area contributed by atoms with E-state index in [0.717, 1.165) is 22.5 Å². The first kappa shape index (κ1) is 17.9. The Hall–Kier alpha value is -2.93. The largest absolute Gasteiger partial charge is 0.394 e. The standard InChI is InChI=1S/C19H22N4O3/c1-12-15(13(2)23-17(20-12)10-19(26)22-23)8-9-18(25)21-16(11-24)14-6-4-3-5-7-14/h3-7,10,16,24H,8-9,11H2,1-2H3,(H,21,25)(H,22,26). The molecule has 3 aromatic rings. The van der Waals surface area contributed by atoms with Gasteiger partial charge in [0, 0.05) is 23.9 Å². The van der Waals surface area contributed by atoms with Crippen molar-refractivity contribution in [1.29, 1.82) is 0 Å². The minimum atomic E-state index is -0.424. The van der Waals surface area contributed by atoms with E-state index in [2.05, 4.69) is 15.4 Å². The van der Waals surface area contributed by atoms with E-state index in [9.17, 15) is 14.7 Å². The maximum Gasteiger partial charge on any atom is 0.266 e. The Morgan fingerprint density at radius 1 is 1.31 bits per heavy atom. The zero-order chi connectivity index (χ0) is 18.7. The monoisotopic (exact) mass is 354 g/mol. The molecule has 0 saturated carbocycles. The Morgan fingerprint density at radius 2 is 2.04 bits per heavy atom. The number of benzene rings is 1. The zero-order valence-corrected chi connectivity index (χ0v) is 14.8. The van der Waals surface area contributed by atoms with Gasteiger partial charge in [0.1, 0.15) is 0 Å². The van der Waals surface area contributed by atoms with Gasteiger partial charge in [0.25, 0.3) is 5.56 Å². The van der Waals surface area contributed by atoms with Crippen LogP contribution in [0.5, 0.6) is 0 Å². The van der Waals surface area contributed by atoms with Crippen LogP contribution in [0.2, 0.25) is 0 Å². The number of aromatic amines is 1. The van der Waals surface area contributed by atoms with E-state index in [1.54, 1.807) is 4.52 Å². The van der Waals surface area contributed by atoms with Gasteiger partial charge in [-0.3, -0.25) is 14.7 Å². The fourth-order valence-electron chi connectivity index (χ4n) is 3.14. The molecule has 1 amide bonds. The van der Waals surface area contributed by atoms with Crippen molar-refractivity contribution in [3.8, 4) is 0 Å². The number of hydrogen-bond acceptors (Lipinski definition) is 4. The van der Waals surface area contributed by atoms with Crippen LogP contribution < -0.4 is 10.9 Å². The maximum atomic E-state index is 12.3. The van der Waals surface area contributed by atoms with Crippen molar-refractivity contribution < 1.29 is 9.90 Å². The third-order valence-electron chi connectivity index (χ3n) is 4.52. The van der Waals surface area contributed by atoms with Crippen LogP contribution in [-0.2, 0) is 11.2 Å². The summed E-state index contributed by atoms with van der Waals surface area (Å²) in [6, 6.07) is 10.4. The number of aliphatic hydroxyl groups is 1. The molecule has 136 valence electrons. The molecule has 0 radical (unpaired) electrons. The molecule has 0 fully saturated rings. The Bertz CT molecular complexity index is 976. The summed E-state index contributed by atoms with van der Waals surface area (Å²) < 4.78 is 1.64. The van der Waals surface area contributed by atoms with E-state index >= 15 is 0 Å². The first-order valence-electron chi connectivity index (χ1n) is 8.52. The van der Waals surface area contributed by atoms with Crippen molar-refractivity contribution in [1.82, 2.24) is 19.9 Å². The first-order chi connectivity index (χ1) is 12.5. The number of carbonyl (C=O) groups is 1. The second kappa shape index (κ2) is 7.53. The number of hydrogen-bond donors (Lipinski definition) is 3. The number of aromatic nitrogens is 3.